The van der Waals surface area contributed by atoms with E-state index in [9.17, 15) is 17.2 Å². The van der Waals surface area contributed by atoms with Gasteiger partial charge in [0.2, 0.25) is 0 Å². The van der Waals surface area contributed by atoms with Crippen molar-refractivity contribution in [3.8, 4) is 0 Å². The summed E-state index contributed by atoms with van der Waals surface area (Å²) in [5, 5.41) is 8.83. The third-order valence-electron chi connectivity index (χ3n) is 0.703. The van der Waals surface area contributed by atoms with Crippen molar-refractivity contribution in [2.45, 2.75) is 6.92 Å². The van der Waals surface area contributed by atoms with Crippen molar-refractivity contribution in [3.05, 3.63) is 0 Å². The van der Waals surface area contributed by atoms with Crippen LogP contribution in [0.3, 0.4) is 0 Å². The number of hydrazine groups is 1. The smallest absolute Gasteiger partial charge is 0.302 e. The van der Waals surface area contributed by atoms with Crippen LogP contribution in [-0.2, 0) is 21.5 Å². The number of hydroxylamine groups is 1. The molecular formula is C2H8N3O5S2-. The van der Waals surface area contributed by atoms with Gasteiger partial charge in [0.05, 0.1) is 0 Å². The van der Waals surface area contributed by atoms with Crippen molar-refractivity contribution < 1.29 is 22.4 Å². The topological polar surface area (TPSA) is 122 Å². The Hall–Kier alpha value is -0.100. The maximum atomic E-state index is 10.6. The molecule has 0 aliphatic carbocycles. The average molecular weight is 218 g/mol. The maximum absolute atomic E-state index is 10.6. The highest BCUT2D eigenvalue weighted by Crippen LogP contribution is 1.80. The van der Waals surface area contributed by atoms with Gasteiger partial charge in [-0.1, -0.05) is 0 Å². The summed E-state index contributed by atoms with van der Waals surface area (Å²) in [7, 11) is -4.23. The molecule has 0 saturated heterocycles. The number of hydrogen-bond acceptors (Lipinski definition) is 6. The second kappa shape index (κ2) is 4.81. The van der Waals surface area contributed by atoms with Crippen molar-refractivity contribution in [2.24, 2.45) is 0 Å². The van der Waals surface area contributed by atoms with Gasteiger partial charge in [0, 0.05) is 17.8 Å². The standard InChI is InChI=1S/C2H9N3O5S2/c1-2-5(6)3-12(9,10)4-11(7)8/h3-4,6H,2H2,1H3,(H,7,8)/p-1. The second-order valence-electron chi connectivity index (χ2n) is 1.63. The summed E-state index contributed by atoms with van der Waals surface area (Å²) in [6.45, 7) is 1.43. The van der Waals surface area contributed by atoms with Gasteiger partial charge in [-0.25, -0.2) is 0 Å². The largest absolute Gasteiger partial charge is 0.759 e. The Labute approximate surface area is 72.1 Å². The first-order chi connectivity index (χ1) is 5.37. The lowest BCUT2D eigenvalue weighted by Crippen LogP contribution is -2.46. The molecule has 12 heavy (non-hydrogen) atoms. The molecule has 1 unspecified atom stereocenters. The van der Waals surface area contributed by atoms with Crippen LogP contribution in [0.4, 0.5) is 0 Å². The molecule has 0 fully saturated rings. The first kappa shape index (κ1) is 11.9. The third kappa shape index (κ3) is 5.54. The van der Waals surface area contributed by atoms with Gasteiger partial charge in [-0.05, 0) is 6.92 Å². The molecule has 0 aliphatic heterocycles. The van der Waals surface area contributed by atoms with E-state index < -0.39 is 21.5 Å². The van der Waals surface area contributed by atoms with Gasteiger partial charge >= 0.3 is 10.2 Å². The Balaban J connectivity index is 4.15. The van der Waals surface area contributed by atoms with Crippen molar-refractivity contribution in [1.82, 2.24) is 14.1 Å². The number of hydrogen-bond donors (Lipinski definition) is 3. The lowest BCUT2D eigenvalue weighted by atomic mass is 10.8. The molecule has 0 amide bonds. The van der Waals surface area contributed by atoms with E-state index >= 15 is 0 Å². The molecule has 0 spiro atoms. The van der Waals surface area contributed by atoms with Crippen LogP contribution in [0.2, 0.25) is 0 Å². The van der Waals surface area contributed by atoms with Gasteiger partial charge in [-0.2, -0.15) is 8.42 Å². The summed E-state index contributed by atoms with van der Waals surface area (Å²) >= 11 is -2.94. The lowest BCUT2D eigenvalue weighted by Gasteiger charge is -2.14. The fourth-order valence-electron chi connectivity index (χ4n) is 0.311. The van der Waals surface area contributed by atoms with Gasteiger partial charge in [-0.3, -0.25) is 9.42 Å². The predicted molar refractivity (Wildman–Crippen MR) is 38.3 cm³/mol. The van der Waals surface area contributed by atoms with E-state index in [2.05, 4.69) is 0 Å². The molecule has 0 saturated carbocycles. The quantitative estimate of drug-likeness (QED) is 0.356. The Morgan fingerprint density at radius 3 is 2.50 bits per heavy atom. The second-order valence-corrected chi connectivity index (χ2v) is 3.95. The molecule has 3 N–H and O–H groups in total. The SMILES string of the molecule is CCN(O)NS(=O)(=O)NS(=O)[O-]. The maximum Gasteiger partial charge on any atom is 0.302 e. The minimum atomic E-state index is -4.23. The molecule has 74 valence electrons. The fourth-order valence-corrected chi connectivity index (χ4v) is 1.58. The van der Waals surface area contributed by atoms with Gasteiger partial charge in [0.15, 0.2) is 0 Å². The molecule has 0 aromatic carbocycles. The fraction of sp³-hybridized carbons (Fsp3) is 1.00. The summed E-state index contributed by atoms with van der Waals surface area (Å²) in [5.41, 5.74) is 0. The molecule has 0 aromatic rings. The lowest BCUT2D eigenvalue weighted by molar-refractivity contribution is -0.108. The van der Waals surface area contributed by atoms with Crippen LogP contribution in [0.1, 0.15) is 6.92 Å². The van der Waals surface area contributed by atoms with Crippen LogP contribution in [0.5, 0.6) is 0 Å². The zero-order valence-corrected chi connectivity index (χ0v) is 7.68. The summed E-state index contributed by atoms with van der Waals surface area (Å²) in [5.74, 6) is 0. The highest BCUT2D eigenvalue weighted by atomic mass is 32.3. The van der Waals surface area contributed by atoms with Gasteiger partial charge in [-0.15, -0.1) is 14.1 Å². The molecule has 8 nitrogen and oxygen atoms in total. The average Bonchev–Trinajstić information content (AvgIpc) is 1.83. The molecule has 0 radical (unpaired) electrons. The van der Waals surface area contributed by atoms with Gasteiger partial charge in [0.25, 0.3) is 0 Å². The minimum Gasteiger partial charge on any atom is -0.759 e. The first-order valence-corrected chi connectivity index (χ1v) is 5.28. The predicted octanol–water partition coefficient (Wildman–Crippen LogP) is -2.17. The first-order valence-electron chi connectivity index (χ1n) is 2.73. The number of rotatable bonds is 5. The highest BCUT2D eigenvalue weighted by Gasteiger charge is 2.11. The zero-order valence-electron chi connectivity index (χ0n) is 6.05. The van der Waals surface area contributed by atoms with Crippen molar-refractivity contribution in [2.75, 3.05) is 6.54 Å². The molecule has 10 heteroatoms. The Morgan fingerprint density at radius 2 is 2.17 bits per heavy atom. The van der Waals surface area contributed by atoms with E-state index in [0.717, 1.165) is 4.13 Å². The number of nitrogens with one attached hydrogen (secondary N) is 2. The van der Waals surface area contributed by atoms with Crippen LogP contribution in [0.15, 0.2) is 0 Å². The van der Waals surface area contributed by atoms with E-state index in [1.807, 2.05) is 0 Å². The molecule has 0 rings (SSSR count). The van der Waals surface area contributed by atoms with Crippen LogP contribution < -0.4 is 8.96 Å². The highest BCUT2D eigenvalue weighted by molar-refractivity contribution is 7.98. The van der Waals surface area contributed by atoms with Gasteiger partial charge in [0.1, 0.15) is 0 Å². The summed E-state index contributed by atoms with van der Waals surface area (Å²) < 4.78 is 42.1. The monoisotopic (exact) mass is 218 g/mol. The van der Waals surface area contributed by atoms with Gasteiger partial charge < -0.3 is 4.55 Å². The van der Waals surface area contributed by atoms with Crippen LogP contribution in [-0.4, -0.2) is 34.1 Å². The summed E-state index contributed by atoms with van der Waals surface area (Å²) in [6.07, 6.45) is 0. The number of nitrogens with zero attached hydrogens (tertiary/aromatic N) is 1. The van der Waals surface area contributed by atoms with Crippen LogP contribution in [0.25, 0.3) is 0 Å². The zero-order chi connectivity index (χ0) is 9.78. The summed E-state index contributed by atoms with van der Waals surface area (Å²) in [4.78, 5) is 1.49. The Kier molecular flexibility index (Phi) is 4.77. The third-order valence-corrected chi connectivity index (χ3v) is 2.58. The van der Waals surface area contributed by atoms with E-state index in [1.54, 1.807) is 0 Å². The van der Waals surface area contributed by atoms with Crippen molar-refractivity contribution in [1.29, 1.82) is 0 Å². The minimum absolute atomic E-state index is 0.0214. The normalized spacial score (nSPS) is 15.0. The molecule has 0 aliphatic rings. The van der Waals surface area contributed by atoms with Crippen LogP contribution >= 0.6 is 0 Å². The van der Waals surface area contributed by atoms with E-state index in [-0.39, 0.29) is 11.7 Å². The Morgan fingerprint density at radius 1 is 1.67 bits per heavy atom. The molecular weight excluding hydrogens is 210 g/mol. The van der Waals surface area contributed by atoms with E-state index in [0.29, 0.717) is 0 Å². The molecule has 0 bridgehead atoms. The molecule has 0 aromatic heterocycles. The molecule has 0 heterocycles. The van der Waals surface area contributed by atoms with E-state index in [4.69, 9.17) is 5.21 Å². The molecule has 1 atom stereocenters. The van der Waals surface area contributed by atoms with Crippen molar-refractivity contribution >= 4 is 21.5 Å². The van der Waals surface area contributed by atoms with Crippen LogP contribution in [0, 0.1) is 0 Å². The van der Waals surface area contributed by atoms with E-state index in [1.165, 1.54) is 11.8 Å². The summed E-state index contributed by atoms with van der Waals surface area (Å²) in [6, 6.07) is 0. The Bertz CT molecular complexity index is 249. The van der Waals surface area contributed by atoms with Crippen molar-refractivity contribution in [3.63, 3.8) is 0 Å².